The zero-order valence-electron chi connectivity index (χ0n) is 13.0. The first-order valence-corrected chi connectivity index (χ1v) is 7.33. The van der Waals surface area contributed by atoms with Crippen molar-refractivity contribution in [1.29, 1.82) is 0 Å². The summed E-state index contributed by atoms with van der Waals surface area (Å²) >= 11 is 6.09. The fraction of sp³-hybridized carbons (Fsp3) is 0.200. The summed E-state index contributed by atoms with van der Waals surface area (Å²) in [5.74, 6) is 0.150. The Kier molecular flexibility index (Phi) is 5.91. The largest absolute Gasteiger partial charge is 0.465 e. The summed E-state index contributed by atoms with van der Waals surface area (Å²) in [5, 5.41) is 13.5. The minimum Gasteiger partial charge on any atom is -0.465 e. The molecule has 24 heavy (non-hydrogen) atoms. The fourth-order valence-electron chi connectivity index (χ4n) is 1.74. The quantitative estimate of drug-likeness (QED) is 0.798. The predicted octanol–water partition coefficient (Wildman–Crippen LogP) is 3.23. The maximum absolute atomic E-state index is 11.6. The van der Waals surface area contributed by atoms with Gasteiger partial charge in [-0.25, -0.2) is 9.59 Å². The summed E-state index contributed by atoms with van der Waals surface area (Å²) in [7, 11) is 1.30. The normalized spacial score (nSPS) is 9.96. The number of benzene rings is 1. The molecule has 2 N–H and O–H groups in total. The lowest BCUT2D eigenvalue weighted by Crippen LogP contribution is -2.14. The second kappa shape index (κ2) is 8.11. The number of carbonyl (C=O) groups excluding carboxylic acids is 2. The van der Waals surface area contributed by atoms with Crippen molar-refractivity contribution in [2.75, 3.05) is 24.4 Å². The number of halogens is 1. The van der Waals surface area contributed by atoms with E-state index in [1.54, 1.807) is 37.3 Å². The van der Waals surface area contributed by atoms with Crippen molar-refractivity contribution >= 4 is 41.0 Å². The zero-order valence-corrected chi connectivity index (χ0v) is 13.8. The molecule has 0 aliphatic heterocycles. The number of nitrogens with one attached hydrogen (secondary N) is 2. The van der Waals surface area contributed by atoms with E-state index >= 15 is 0 Å². The fourth-order valence-corrected chi connectivity index (χ4v) is 1.91. The molecule has 1 heterocycles. The molecule has 126 valence electrons. The van der Waals surface area contributed by atoms with Crippen molar-refractivity contribution < 1.29 is 19.1 Å². The monoisotopic (exact) mass is 350 g/mol. The van der Waals surface area contributed by atoms with Crippen LogP contribution < -0.4 is 10.6 Å². The molecular weight excluding hydrogens is 336 g/mol. The molecule has 0 atom stereocenters. The van der Waals surface area contributed by atoms with Crippen LogP contribution in [0.4, 0.5) is 22.1 Å². The Morgan fingerprint density at radius 3 is 2.50 bits per heavy atom. The van der Waals surface area contributed by atoms with E-state index in [4.69, 9.17) is 16.3 Å². The van der Waals surface area contributed by atoms with Crippen molar-refractivity contribution in [3.8, 4) is 0 Å². The summed E-state index contributed by atoms with van der Waals surface area (Å²) in [4.78, 5) is 22.8. The third-order valence-corrected chi connectivity index (χ3v) is 3.15. The van der Waals surface area contributed by atoms with Crippen LogP contribution in [0, 0.1) is 0 Å². The summed E-state index contributed by atoms with van der Waals surface area (Å²) in [6.07, 6.45) is -0.610. The lowest BCUT2D eigenvalue weighted by Gasteiger charge is -2.09. The maximum atomic E-state index is 11.6. The first-order valence-electron chi connectivity index (χ1n) is 6.96. The van der Waals surface area contributed by atoms with Crippen LogP contribution in [-0.4, -0.2) is 36.0 Å². The van der Waals surface area contributed by atoms with Crippen molar-refractivity contribution in [3.05, 3.63) is 40.9 Å². The Morgan fingerprint density at radius 1 is 1.17 bits per heavy atom. The number of anilines is 3. The molecule has 0 spiro atoms. The molecule has 0 unspecified atom stereocenters. The number of esters is 1. The molecule has 0 saturated carbocycles. The zero-order chi connectivity index (χ0) is 17.5. The first-order chi connectivity index (χ1) is 11.5. The highest BCUT2D eigenvalue weighted by atomic mass is 35.5. The average molecular weight is 351 g/mol. The number of rotatable bonds is 5. The lowest BCUT2D eigenvalue weighted by atomic mass is 10.2. The van der Waals surface area contributed by atoms with E-state index < -0.39 is 12.1 Å². The van der Waals surface area contributed by atoms with E-state index in [0.29, 0.717) is 22.1 Å². The van der Waals surface area contributed by atoms with Gasteiger partial charge in [-0.1, -0.05) is 11.6 Å². The Labute approximate surface area is 143 Å². The number of nitrogens with zero attached hydrogens (tertiary/aromatic N) is 2. The first kappa shape index (κ1) is 17.5. The second-order valence-corrected chi connectivity index (χ2v) is 4.87. The molecule has 9 heteroatoms. The molecule has 0 aliphatic carbocycles. The Bertz CT molecular complexity index is 737. The van der Waals surface area contributed by atoms with E-state index in [-0.39, 0.29) is 12.4 Å². The number of hydrogen-bond acceptors (Lipinski definition) is 7. The summed E-state index contributed by atoms with van der Waals surface area (Å²) in [6, 6.07) is 7.80. The van der Waals surface area contributed by atoms with E-state index in [0.717, 1.165) is 0 Å². The van der Waals surface area contributed by atoms with Gasteiger partial charge >= 0.3 is 12.1 Å². The Hall–Kier alpha value is -2.87. The molecule has 0 aliphatic rings. The molecule has 2 rings (SSSR count). The minimum atomic E-state index is -0.610. The molecule has 0 bridgehead atoms. The van der Waals surface area contributed by atoms with E-state index in [9.17, 15) is 9.59 Å². The van der Waals surface area contributed by atoms with Crippen LogP contribution in [0.3, 0.4) is 0 Å². The Balaban J connectivity index is 2.11. The number of hydrogen-bond donors (Lipinski definition) is 2. The van der Waals surface area contributed by atoms with E-state index in [2.05, 4.69) is 25.6 Å². The van der Waals surface area contributed by atoms with Gasteiger partial charge in [0.2, 0.25) is 0 Å². The number of carbonyl (C=O) groups is 2. The number of methoxy groups -OCH3 is 1. The third kappa shape index (κ3) is 4.56. The van der Waals surface area contributed by atoms with Gasteiger partial charge in [0, 0.05) is 0 Å². The molecule has 8 nitrogen and oxygen atoms in total. The molecule has 0 fully saturated rings. The molecule has 1 aromatic heterocycles. The van der Waals surface area contributed by atoms with Gasteiger partial charge < -0.3 is 14.8 Å². The van der Waals surface area contributed by atoms with Gasteiger partial charge in [0.25, 0.3) is 0 Å². The highest BCUT2D eigenvalue weighted by Gasteiger charge is 2.10. The average Bonchev–Trinajstić information content (AvgIpc) is 2.58. The lowest BCUT2D eigenvalue weighted by molar-refractivity contribution is 0.0600. The van der Waals surface area contributed by atoms with Crippen LogP contribution in [0.15, 0.2) is 30.3 Å². The highest BCUT2D eigenvalue weighted by Crippen LogP contribution is 2.26. The van der Waals surface area contributed by atoms with E-state index in [1.165, 1.54) is 7.11 Å². The van der Waals surface area contributed by atoms with Crippen LogP contribution in [-0.2, 0) is 9.47 Å². The van der Waals surface area contributed by atoms with Crippen LogP contribution in [0.5, 0.6) is 0 Å². The SMILES string of the molecule is CCOC(=O)Nc1ccc(Nc2cc(C(=O)OC)ccc2Cl)nn1. The van der Waals surface area contributed by atoms with Crippen molar-refractivity contribution in [3.63, 3.8) is 0 Å². The number of amides is 1. The predicted molar refractivity (Wildman–Crippen MR) is 88.8 cm³/mol. The number of aromatic nitrogens is 2. The van der Waals surface area contributed by atoms with Gasteiger partial charge in [0.1, 0.15) is 0 Å². The van der Waals surface area contributed by atoms with Crippen LogP contribution in [0.25, 0.3) is 0 Å². The van der Waals surface area contributed by atoms with Crippen LogP contribution in [0.1, 0.15) is 17.3 Å². The summed E-state index contributed by atoms with van der Waals surface area (Å²) in [6.45, 7) is 1.96. The molecule has 1 aromatic carbocycles. The number of ether oxygens (including phenoxy) is 2. The second-order valence-electron chi connectivity index (χ2n) is 4.46. The van der Waals surface area contributed by atoms with Gasteiger partial charge in [-0.2, -0.15) is 0 Å². The molecule has 2 aromatic rings. The smallest absolute Gasteiger partial charge is 0.412 e. The van der Waals surface area contributed by atoms with Crippen molar-refractivity contribution in [2.24, 2.45) is 0 Å². The van der Waals surface area contributed by atoms with Gasteiger partial charge in [0.15, 0.2) is 11.6 Å². The van der Waals surface area contributed by atoms with Gasteiger partial charge in [-0.05, 0) is 37.3 Å². The molecule has 0 saturated heterocycles. The van der Waals surface area contributed by atoms with Crippen LogP contribution in [0.2, 0.25) is 5.02 Å². The van der Waals surface area contributed by atoms with Crippen LogP contribution >= 0.6 is 11.6 Å². The molecule has 1 amide bonds. The Morgan fingerprint density at radius 2 is 1.88 bits per heavy atom. The summed E-state index contributed by atoms with van der Waals surface area (Å²) in [5.41, 5.74) is 0.818. The van der Waals surface area contributed by atoms with Crippen molar-refractivity contribution in [2.45, 2.75) is 6.92 Å². The minimum absolute atomic E-state index is 0.244. The van der Waals surface area contributed by atoms with Gasteiger partial charge in [0.05, 0.1) is 30.0 Å². The van der Waals surface area contributed by atoms with E-state index in [1.807, 2.05) is 0 Å². The topological polar surface area (TPSA) is 102 Å². The van der Waals surface area contributed by atoms with Crippen molar-refractivity contribution in [1.82, 2.24) is 10.2 Å². The van der Waals surface area contributed by atoms with Gasteiger partial charge in [-0.15, -0.1) is 10.2 Å². The summed E-state index contributed by atoms with van der Waals surface area (Å²) < 4.78 is 9.40. The third-order valence-electron chi connectivity index (χ3n) is 2.82. The maximum Gasteiger partial charge on any atom is 0.412 e. The molecular formula is C15H15ClN4O4. The highest BCUT2D eigenvalue weighted by molar-refractivity contribution is 6.33. The molecule has 0 radical (unpaired) electrons. The van der Waals surface area contributed by atoms with Gasteiger partial charge in [-0.3, -0.25) is 5.32 Å². The standard InChI is InChI=1S/C15H15ClN4O4/c1-3-24-15(22)18-13-7-6-12(19-20-13)17-11-8-9(14(21)23-2)4-5-10(11)16/h4-8H,3H2,1-2H3,(H,17,19)(H,18,20,22).